The summed E-state index contributed by atoms with van der Waals surface area (Å²) in [6.45, 7) is 0. The number of carbonyl (C=O) groups is 4. The van der Waals surface area contributed by atoms with E-state index in [1.165, 1.54) is 24.5 Å². The molecular weight excluding hydrogens is 947 g/mol. The van der Waals surface area contributed by atoms with E-state index >= 15 is 0 Å². The van der Waals surface area contributed by atoms with E-state index in [1.807, 2.05) is 0 Å². The number of hydrogen-bond acceptors (Lipinski definition) is 4. The first-order chi connectivity index (χ1) is 14.9. The second kappa shape index (κ2) is 12.3. The number of nitrogens with one attached hydrogen (secondary N) is 2. The van der Waals surface area contributed by atoms with Crippen molar-refractivity contribution >= 4 is 149 Å². The number of hydrogen-bond donors (Lipinski definition) is 2. The van der Waals surface area contributed by atoms with Crippen LogP contribution in [0.1, 0.15) is 41.4 Å². The van der Waals surface area contributed by atoms with Crippen LogP contribution in [0, 0.1) is 0 Å². The summed E-state index contributed by atoms with van der Waals surface area (Å²) in [6, 6.07) is 2.96. The minimum Gasteiger partial charge on any atom is -0.327 e. The summed E-state index contributed by atoms with van der Waals surface area (Å²) < 4.78 is 2.08. The standard InChI is InChI=1S/C18H6Br8N2O4/c19-7-3-5(9(15(25)29)13(23)11(7)21)17(31)27-1-2-28-18(32)6-4-8(20)12(22)14(24)10(6)16(26)30/h1-4H,(H,27,31)(H,28,32). The van der Waals surface area contributed by atoms with E-state index in [-0.39, 0.29) is 22.3 Å². The third-order valence-corrected chi connectivity index (χ3v) is 11.1. The topological polar surface area (TPSA) is 92.3 Å². The number of amides is 2. The van der Waals surface area contributed by atoms with Crippen molar-refractivity contribution < 1.29 is 19.2 Å². The predicted molar refractivity (Wildman–Crippen MR) is 150 cm³/mol. The maximum absolute atomic E-state index is 12.6. The van der Waals surface area contributed by atoms with Crippen molar-refractivity contribution in [3.05, 3.63) is 73.6 Å². The Morgan fingerprint density at radius 1 is 0.594 bits per heavy atom. The third kappa shape index (κ3) is 6.49. The molecule has 2 aromatic rings. The summed E-state index contributed by atoms with van der Waals surface area (Å²) in [5.74, 6) is -1.17. The molecule has 0 bridgehead atoms. The lowest BCUT2D eigenvalue weighted by Gasteiger charge is -2.11. The average molecular weight is 953 g/mol. The Morgan fingerprint density at radius 2 is 0.906 bits per heavy atom. The van der Waals surface area contributed by atoms with Crippen LogP contribution in [0.15, 0.2) is 51.4 Å². The highest BCUT2D eigenvalue weighted by molar-refractivity contribution is 9.19. The van der Waals surface area contributed by atoms with E-state index in [4.69, 9.17) is 0 Å². The third-order valence-electron chi connectivity index (χ3n) is 3.72. The number of halogens is 8. The van der Waals surface area contributed by atoms with Gasteiger partial charge in [0, 0.05) is 39.2 Å². The first kappa shape index (κ1) is 28.5. The van der Waals surface area contributed by atoms with Gasteiger partial charge in [-0.05, 0) is 140 Å². The molecule has 0 aromatic heterocycles. The van der Waals surface area contributed by atoms with Crippen LogP contribution in [0.4, 0.5) is 0 Å². The number of benzene rings is 2. The zero-order valence-corrected chi connectivity index (χ0v) is 27.7. The van der Waals surface area contributed by atoms with Gasteiger partial charge in [-0.15, -0.1) is 0 Å². The van der Waals surface area contributed by atoms with Crippen LogP contribution in [-0.4, -0.2) is 21.2 Å². The van der Waals surface area contributed by atoms with Crippen molar-refractivity contribution in [3.8, 4) is 0 Å². The Bertz CT molecular complexity index is 1100. The maximum Gasteiger partial charge on any atom is 0.256 e. The Morgan fingerprint density at radius 3 is 1.19 bits per heavy atom. The minimum atomic E-state index is -0.586. The van der Waals surface area contributed by atoms with Crippen LogP contribution < -0.4 is 10.6 Å². The maximum atomic E-state index is 12.6. The Kier molecular flexibility index (Phi) is 11.0. The molecule has 0 fully saturated rings. The smallest absolute Gasteiger partial charge is 0.256 e. The van der Waals surface area contributed by atoms with Gasteiger partial charge >= 0.3 is 0 Å². The molecule has 168 valence electrons. The van der Waals surface area contributed by atoms with Crippen LogP contribution in [0.2, 0.25) is 0 Å². The summed E-state index contributed by atoms with van der Waals surface area (Å²) in [6.07, 6.45) is 2.40. The highest BCUT2D eigenvalue weighted by Crippen LogP contribution is 2.38. The molecule has 0 atom stereocenters. The fourth-order valence-corrected chi connectivity index (χ4v) is 6.90. The van der Waals surface area contributed by atoms with Gasteiger partial charge in [0.15, 0.2) is 0 Å². The van der Waals surface area contributed by atoms with E-state index in [1.54, 1.807) is 0 Å². The van der Waals surface area contributed by atoms with Gasteiger partial charge in [0.2, 0.25) is 9.39 Å². The first-order valence-electron chi connectivity index (χ1n) is 7.89. The quantitative estimate of drug-likeness (QED) is 0.227. The van der Waals surface area contributed by atoms with Gasteiger partial charge < -0.3 is 10.6 Å². The molecule has 0 saturated heterocycles. The number of rotatable bonds is 6. The predicted octanol–water partition coefficient (Wildman–Crippen LogP) is 7.96. The Hall–Kier alpha value is 0.300. The molecule has 0 aliphatic heterocycles. The average Bonchev–Trinajstić information content (AvgIpc) is 2.71. The van der Waals surface area contributed by atoms with Gasteiger partial charge in [-0.25, -0.2) is 0 Å². The molecule has 2 N–H and O–H groups in total. The lowest BCUT2D eigenvalue weighted by Crippen LogP contribution is -2.24. The summed E-state index contributed by atoms with van der Waals surface area (Å²) in [4.78, 5) is 49.1. The van der Waals surface area contributed by atoms with Crippen molar-refractivity contribution in [3.63, 3.8) is 0 Å². The molecule has 14 heteroatoms. The van der Waals surface area contributed by atoms with Gasteiger partial charge in [0.05, 0.1) is 22.3 Å². The van der Waals surface area contributed by atoms with Gasteiger partial charge in [-0.1, -0.05) is 0 Å². The largest absolute Gasteiger partial charge is 0.327 e. The molecule has 0 unspecified atom stereocenters. The molecule has 0 heterocycles. The van der Waals surface area contributed by atoms with Crippen LogP contribution in [0.3, 0.4) is 0 Å². The van der Waals surface area contributed by atoms with E-state index in [0.29, 0.717) is 26.8 Å². The molecular formula is C18H6Br8N2O4. The lowest BCUT2D eigenvalue weighted by atomic mass is 10.1. The van der Waals surface area contributed by atoms with Gasteiger partial charge in [0.1, 0.15) is 0 Å². The highest BCUT2D eigenvalue weighted by Gasteiger charge is 2.23. The van der Waals surface area contributed by atoms with Crippen LogP contribution >= 0.6 is 127 Å². The van der Waals surface area contributed by atoms with E-state index in [2.05, 4.69) is 138 Å². The molecule has 0 aliphatic carbocycles. The summed E-state index contributed by atoms with van der Waals surface area (Å²) >= 11 is 25.6. The minimum absolute atomic E-state index is 0.0951. The van der Waals surface area contributed by atoms with Gasteiger partial charge in [0.25, 0.3) is 11.8 Å². The normalized spacial score (nSPS) is 10.9. The zero-order valence-electron chi connectivity index (χ0n) is 15.0. The van der Waals surface area contributed by atoms with Crippen LogP contribution in [-0.2, 0) is 0 Å². The van der Waals surface area contributed by atoms with Crippen LogP contribution in [0.25, 0.3) is 0 Å². The van der Waals surface area contributed by atoms with Crippen LogP contribution in [0.5, 0.6) is 0 Å². The SMILES string of the molecule is O=C(NC=CNC(=O)c1cc(Br)c(Br)c(Br)c1C(=O)Br)c1cc(Br)c(Br)c(Br)c1C(=O)Br. The van der Waals surface area contributed by atoms with Crippen molar-refractivity contribution in [2.24, 2.45) is 0 Å². The second-order valence-corrected chi connectivity index (χ2v) is 12.0. The van der Waals surface area contributed by atoms with E-state index in [0.717, 1.165) is 0 Å². The van der Waals surface area contributed by atoms with Crippen molar-refractivity contribution in [2.45, 2.75) is 0 Å². The summed E-state index contributed by atoms with van der Waals surface area (Å²) in [7, 11) is 0. The molecule has 0 spiro atoms. The lowest BCUT2D eigenvalue weighted by molar-refractivity contribution is 0.0951. The van der Waals surface area contributed by atoms with Gasteiger partial charge in [-0.2, -0.15) is 0 Å². The molecule has 0 saturated carbocycles. The molecule has 32 heavy (non-hydrogen) atoms. The van der Waals surface area contributed by atoms with Crippen molar-refractivity contribution in [1.29, 1.82) is 0 Å². The first-order valence-corrected chi connectivity index (χ1v) is 14.2. The molecule has 2 rings (SSSR count). The summed E-state index contributed by atoms with van der Waals surface area (Å²) in [5, 5.41) is 4.96. The fraction of sp³-hybridized carbons (Fsp3) is 0. The second-order valence-electron chi connectivity index (χ2n) is 5.65. The molecule has 2 amide bonds. The summed E-state index contributed by atoms with van der Waals surface area (Å²) in [5.41, 5.74) is 0.440. The monoisotopic (exact) mass is 945 g/mol. The van der Waals surface area contributed by atoms with E-state index < -0.39 is 21.2 Å². The van der Waals surface area contributed by atoms with Crippen molar-refractivity contribution in [2.75, 3.05) is 0 Å². The Labute approximate surface area is 249 Å². The molecule has 2 aromatic carbocycles. The fourth-order valence-electron chi connectivity index (χ4n) is 2.32. The zero-order chi connectivity index (χ0) is 24.3. The Balaban J connectivity index is 2.23. The van der Waals surface area contributed by atoms with Gasteiger partial charge in [-0.3, -0.25) is 19.2 Å². The molecule has 6 nitrogen and oxygen atoms in total. The highest BCUT2D eigenvalue weighted by atomic mass is 79.9. The number of carbonyl (C=O) groups excluding carboxylic acids is 4. The molecule has 0 aliphatic rings. The van der Waals surface area contributed by atoms with Crippen molar-refractivity contribution in [1.82, 2.24) is 10.6 Å². The van der Waals surface area contributed by atoms with E-state index in [9.17, 15) is 19.2 Å². The molecule has 0 radical (unpaired) electrons.